The lowest BCUT2D eigenvalue weighted by atomic mass is 10.2. The molecule has 3 rings (SSSR count). The molecule has 1 aromatic carbocycles. The molecule has 1 aliphatic heterocycles. The lowest BCUT2D eigenvalue weighted by Crippen LogP contribution is -2.49. The van der Waals surface area contributed by atoms with Crippen LogP contribution in [-0.2, 0) is 16.2 Å². The summed E-state index contributed by atoms with van der Waals surface area (Å²) in [5.74, 6) is -0.0343. The molecule has 7 nitrogen and oxygen atoms in total. The van der Waals surface area contributed by atoms with Gasteiger partial charge in [-0.3, -0.25) is 4.79 Å². The SMILES string of the molecule is CNS(=O)(=O)c1ccc(C(=O)N2CCN(c3ncc(C(F)(F)F)cc3Cl)CC2)cc1. The molecular formula is C18H18ClF3N4O3S. The summed E-state index contributed by atoms with van der Waals surface area (Å²) in [6.45, 7) is 1.31. The van der Waals surface area contributed by atoms with E-state index in [1.165, 1.54) is 31.3 Å². The van der Waals surface area contributed by atoms with E-state index in [4.69, 9.17) is 11.6 Å². The van der Waals surface area contributed by atoms with E-state index in [1.807, 2.05) is 0 Å². The number of hydrogen-bond acceptors (Lipinski definition) is 5. The Kier molecular flexibility index (Phi) is 6.25. The van der Waals surface area contributed by atoms with Gasteiger partial charge in [-0.05, 0) is 37.4 Å². The highest BCUT2D eigenvalue weighted by atomic mass is 35.5. The molecule has 1 N–H and O–H groups in total. The molecule has 0 aliphatic carbocycles. The van der Waals surface area contributed by atoms with Gasteiger partial charge in [-0.2, -0.15) is 13.2 Å². The third kappa shape index (κ3) is 4.68. The molecule has 1 aromatic heterocycles. The summed E-state index contributed by atoms with van der Waals surface area (Å²) in [5, 5.41) is -0.106. The fraction of sp³-hybridized carbons (Fsp3) is 0.333. The minimum Gasteiger partial charge on any atom is -0.352 e. The number of sulfonamides is 1. The van der Waals surface area contributed by atoms with Gasteiger partial charge in [0, 0.05) is 37.9 Å². The summed E-state index contributed by atoms with van der Waals surface area (Å²) in [4.78, 5) is 19.9. The first-order chi connectivity index (χ1) is 14.0. The molecule has 2 heterocycles. The number of halogens is 4. The number of hydrogen-bond donors (Lipinski definition) is 1. The molecular weight excluding hydrogens is 445 g/mol. The lowest BCUT2D eigenvalue weighted by Gasteiger charge is -2.35. The second-order valence-corrected chi connectivity index (χ2v) is 8.83. The van der Waals surface area contributed by atoms with E-state index in [0.717, 1.165) is 12.3 Å². The van der Waals surface area contributed by atoms with Gasteiger partial charge in [-0.25, -0.2) is 18.1 Å². The van der Waals surface area contributed by atoms with Crippen LogP contribution in [0.5, 0.6) is 0 Å². The van der Waals surface area contributed by atoms with Crippen molar-refractivity contribution in [3.8, 4) is 0 Å². The molecule has 0 radical (unpaired) electrons. The summed E-state index contributed by atoms with van der Waals surface area (Å²) in [6.07, 6.45) is -3.79. The van der Waals surface area contributed by atoms with Crippen LogP contribution in [0.4, 0.5) is 19.0 Å². The zero-order valence-corrected chi connectivity index (χ0v) is 17.4. The van der Waals surface area contributed by atoms with Crippen molar-refractivity contribution in [3.05, 3.63) is 52.7 Å². The summed E-state index contributed by atoms with van der Waals surface area (Å²) >= 11 is 5.99. The summed E-state index contributed by atoms with van der Waals surface area (Å²) < 4.78 is 64.0. The number of alkyl halides is 3. The minimum absolute atomic E-state index is 0.0504. The number of carbonyl (C=O) groups excluding carboxylic acids is 1. The maximum Gasteiger partial charge on any atom is 0.417 e. The van der Waals surface area contributed by atoms with E-state index < -0.39 is 21.8 Å². The Bertz CT molecular complexity index is 1040. The number of benzene rings is 1. The van der Waals surface area contributed by atoms with Gasteiger partial charge < -0.3 is 9.80 Å². The van der Waals surface area contributed by atoms with E-state index in [-0.39, 0.29) is 21.6 Å². The number of aromatic nitrogens is 1. The van der Waals surface area contributed by atoms with Crippen molar-refractivity contribution in [1.82, 2.24) is 14.6 Å². The quantitative estimate of drug-likeness (QED) is 0.755. The van der Waals surface area contributed by atoms with Gasteiger partial charge >= 0.3 is 6.18 Å². The maximum absolute atomic E-state index is 12.8. The molecule has 0 unspecified atom stereocenters. The first-order valence-electron chi connectivity index (χ1n) is 8.83. The van der Waals surface area contributed by atoms with Gasteiger partial charge in [0.25, 0.3) is 5.91 Å². The number of piperazine rings is 1. The van der Waals surface area contributed by atoms with Gasteiger partial charge in [0.05, 0.1) is 15.5 Å². The van der Waals surface area contributed by atoms with Crippen molar-refractivity contribution >= 4 is 33.3 Å². The molecule has 1 fully saturated rings. The van der Waals surface area contributed by atoms with Crippen LogP contribution in [0.3, 0.4) is 0 Å². The van der Waals surface area contributed by atoms with Crippen LogP contribution in [0.25, 0.3) is 0 Å². The Balaban J connectivity index is 1.66. The molecule has 0 saturated carbocycles. The summed E-state index contributed by atoms with van der Waals surface area (Å²) in [5.41, 5.74) is -0.585. The first-order valence-corrected chi connectivity index (χ1v) is 10.7. The minimum atomic E-state index is -4.53. The maximum atomic E-state index is 12.8. The topological polar surface area (TPSA) is 82.6 Å². The van der Waals surface area contributed by atoms with Crippen molar-refractivity contribution in [2.75, 3.05) is 38.1 Å². The average Bonchev–Trinajstić information content (AvgIpc) is 2.73. The average molecular weight is 463 g/mol. The van der Waals surface area contributed by atoms with Crippen LogP contribution in [0.1, 0.15) is 15.9 Å². The highest BCUT2D eigenvalue weighted by Crippen LogP contribution is 2.33. The van der Waals surface area contributed by atoms with Gasteiger partial charge in [0.2, 0.25) is 10.0 Å². The predicted octanol–water partition coefficient (Wildman–Crippen LogP) is 2.62. The number of amides is 1. The van der Waals surface area contributed by atoms with Crippen molar-refractivity contribution < 1.29 is 26.4 Å². The second kappa shape index (κ2) is 8.40. The summed E-state index contributed by atoms with van der Waals surface area (Å²) in [6, 6.07) is 6.41. The smallest absolute Gasteiger partial charge is 0.352 e. The fourth-order valence-electron chi connectivity index (χ4n) is 3.02. The van der Waals surface area contributed by atoms with E-state index in [9.17, 15) is 26.4 Å². The zero-order valence-electron chi connectivity index (χ0n) is 15.8. The van der Waals surface area contributed by atoms with Crippen molar-refractivity contribution in [3.63, 3.8) is 0 Å². The Morgan fingerprint density at radius 3 is 2.23 bits per heavy atom. The van der Waals surface area contributed by atoms with Crippen molar-refractivity contribution in [2.45, 2.75) is 11.1 Å². The Hall–Kier alpha value is -2.37. The van der Waals surface area contributed by atoms with Crippen molar-refractivity contribution in [1.29, 1.82) is 0 Å². The van der Waals surface area contributed by atoms with Crippen LogP contribution in [-0.4, -0.2) is 57.4 Å². The molecule has 1 amide bonds. The van der Waals surface area contributed by atoms with Crippen LogP contribution in [0, 0.1) is 0 Å². The first kappa shape index (κ1) is 22.3. The third-order valence-corrected chi connectivity index (χ3v) is 6.40. The highest BCUT2D eigenvalue weighted by molar-refractivity contribution is 7.89. The zero-order chi connectivity index (χ0) is 22.1. The third-order valence-electron chi connectivity index (χ3n) is 4.70. The van der Waals surface area contributed by atoms with Crippen LogP contribution >= 0.6 is 11.6 Å². The predicted molar refractivity (Wildman–Crippen MR) is 105 cm³/mol. The van der Waals surface area contributed by atoms with E-state index >= 15 is 0 Å². The number of anilines is 1. The lowest BCUT2D eigenvalue weighted by molar-refractivity contribution is -0.137. The number of nitrogens with one attached hydrogen (secondary N) is 1. The summed E-state index contributed by atoms with van der Waals surface area (Å²) in [7, 11) is -2.29. The second-order valence-electron chi connectivity index (χ2n) is 6.54. The Morgan fingerprint density at radius 2 is 1.73 bits per heavy atom. The fourth-order valence-corrected chi connectivity index (χ4v) is 4.03. The van der Waals surface area contributed by atoms with Gasteiger partial charge in [-0.1, -0.05) is 11.6 Å². The molecule has 0 spiro atoms. The molecule has 12 heteroatoms. The van der Waals surface area contributed by atoms with Crippen molar-refractivity contribution in [2.24, 2.45) is 0 Å². The van der Waals surface area contributed by atoms with Gasteiger partial charge in [0.1, 0.15) is 5.82 Å². The normalized spacial score (nSPS) is 15.4. The standard InChI is InChI=1S/C18H18ClF3N4O3S/c1-23-30(28,29)14-4-2-12(3-5-14)17(27)26-8-6-25(7-9-26)16-15(19)10-13(11-24-16)18(20,21)22/h2-5,10-11,23H,6-9H2,1H3. The number of nitrogens with zero attached hydrogens (tertiary/aromatic N) is 3. The van der Waals surface area contributed by atoms with Crippen LogP contribution in [0.2, 0.25) is 5.02 Å². The molecule has 1 saturated heterocycles. The van der Waals surface area contributed by atoms with Crippen LogP contribution < -0.4 is 9.62 Å². The highest BCUT2D eigenvalue weighted by Gasteiger charge is 2.32. The van der Waals surface area contributed by atoms with Crippen LogP contribution in [0.15, 0.2) is 41.4 Å². The molecule has 30 heavy (non-hydrogen) atoms. The Morgan fingerprint density at radius 1 is 1.13 bits per heavy atom. The number of rotatable bonds is 4. The molecule has 162 valence electrons. The molecule has 2 aromatic rings. The van der Waals surface area contributed by atoms with Gasteiger partial charge in [-0.15, -0.1) is 0 Å². The molecule has 1 aliphatic rings. The molecule has 0 bridgehead atoms. The number of pyridine rings is 1. The number of carbonyl (C=O) groups is 1. The Labute approximate surface area is 176 Å². The van der Waals surface area contributed by atoms with E-state index in [1.54, 1.807) is 9.80 Å². The van der Waals surface area contributed by atoms with E-state index in [0.29, 0.717) is 31.7 Å². The van der Waals surface area contributed by atoms with Gasteiger partial charge in [0.15, 0.2) is 0 Å². The molecule has 0 atom stereocenters. The largest absolute Gasteiger partial charge is 0.417 e. The van der Waals surface area contributed by atoms with E-state index in [2.05, 4.69) is 9.71 Å². The monoisotopic (exact) mass is 462 g/mol.